The summed E-state index contributed by atoms with van der Waals surface area (Å²) < 4.78 is 18.1. The minimum atomic E-state index is -0.270. The minimum absolute atomic E-state index is 0.0646. The molecule has 0 bridgehead atoms. The van der Waals surface area contributed by atoms with Gasteiger partial charge in [-0.3, -0.25) is 4.79 Å². The number of carbonyl (C=O) groups excluding carboxylic acids is 1. The van der Waals surface area contributed by atoms with Gasteiger partial charge in [-0.2, -0.15) is 0 Å². The molecule has 0 saturated carbocycles. The van der Waals surface area contributed by atoms with Gasteiger partial charge < -0.3 is 19.1 Å². The highest BCUT2D eigenvalue weighted by atomic mass is 16.6. The highest BCUT2D eigenvalue weighted by molar-refractivity contribution is 5.70. The van der Waals surface area contributed by atoms with E-state index in [1.165, 1.54) is 11.1 Å². The number of methoxy groups -OCH3 is 1. The summed E-state index contributed by atoms with van der Waals surface area (Å²) in [5.74, 6) is 1.48. The molecule has 0 saturated heterocycles. The summed E-state index contributed by atoms with van der Waals surface area (Å²) in [6, 6.07) is 4.18. The first-order valence-corrected chi connectivity index (χ1v) is 16.4. The lowest BCUT2D eigenvalue weighted by atomic mass is 9.69. The Balaban J connectivity index is 1.12. The molecule has 2 unspecified atom stereocenters. The molecule has 0 fully saturated rings. The number of hydrogen-bond acceptors (Lipinski definition) is 5. The topological polar surface area (TPSA) is 48.0 Å². The lowest BCUT2D eigenvalue weighted by Crippen LogP contribution is -2.43. The molecule has 44 heavy (non-hydrogen) atoms. The van der Waals surface area contributed by atoms with E-state index >= 15 is 0 Å². The molecule has 0 aromatic heterocycles. The van der Waals surface area contributed by atoms with Gasteiger partial charge in [-0.05, 0) is 82.7 Å². The van der Waals surface area contributed by atoms with Crippen molar-refractivity contribution in [1.82, 2.24) is 4.90 Å². The van der Waals surface area contributed by atoms with Gasteiger partial charge in [-0.15, -0.1) is 0 Å². The molecular formula is C39H51NO4. The van der Waals surface area contributed by atoms with Crippen molar-refractivity contribution >= 4 is 5.97 Å². The number of allylic oxidation sites excluding steroid dienone is 12. The summed E-state index contributed by atoms with van der Waals surface area (Å²) in [6.07, 6.45) is 38.8. The summed E-state index contributed by atoms with van der Waals surface area (Å²) in [7, 11) is 3.86. The number of rotatable bonds is 16. The van der Waals surface area contributed by atoms with Crippen molar-refractivity contribution in [2.24, 2.45) is 0 Å². The van der Waals surface area contributed by atoms with Crippen LogP contribution in [0.4, 0.5) is 0 Å². The molecule has 1 aliphatic carbocycles. The second-order valence-electron chi connectivity index (χ2n) is 11.8. The van der Waals surface area contributed by atoms with Gasteiger partial charge in [0, 0.05) is 24.9 Å². The van der Waals surface area contributed by atoms with Gasteiger partial charge in [0.15, 0.2) is 11.5 Å². The maximum absolute atomic E-state index is 12.6. The molecule has 0 N–H and O–H groups in total. The van der Waals surface area contributed by atoms with E-state index in [9.17, 15) is 4.79 Å². The molecule has 1 aromatic rings. The third-order valence-corrected chi connectivity index (χ3v) is 8.52. The normalized spacial score (nSPS) is 23.3. The Bertz CT molecular complexity index is 1280. The van der Waals surface area contributed by atoms with E-state index in [0.717, 1.165) is 69.5 Å². The monoisotopic (exact) mass is 597 g/mol. The van der Waals surface area contributed by atoms with Crippen molar-refractivity contribution in [3.63, 3.8) is 0 Å². The van der Waals surface area contributed by atoms with Gasteiger partial charge in [0.2, 0.25) is 0 Å². The Morgan fingerprint density at radius 3 is 2.16 bits per heavy atom. The zero-order chi connectivity index (χ0) is 31.0. The van der Waals surface area contributed by atoms with E-state index in [1.54, 1.807) is 7.11 Å². The van der Waals surface area contributed by atoms with Crippen LogP contribution in [0.3, 0.4) is 0 Å². The van der Waals surface area contributed by atoms with Crippen molar-refractivity contribution in [2.45, 2.75) is 95.3 Å². The van der Waals surface area contributed by atoms with E-state index < -0.39 is 0 Å². The maximum atomic E-state index is 12.6. The zero-order valence-electron chi connectivity index (χ0n) is 27.0. The van der Waals surface area contributed by atoms with Crippen molar-refractivity contribution < 1.29 is 19.0 Å². The van der Waals surface area contributed by atoms with Crippen LogP contribution in [-0.2, 0) is 21.5 Å². The minimum Gasteiger partial charge on any atom is -0.493 e. The first-order chi connectivity index (χ1) is 21.6. The molecule has 0 amide bonds. The molecule has 3 atom stereocenters. The molecule has 236 valence electrons. The van der Waals surface area contributed by atoms with Crippen LogP contribution in [-0.4, -0.2) is 43.8 Å². The van der Waals surface area contributed by atoms with Crippen molar-refractivity contribution in [1.29, 1.82) is 0 Å². The first kappa shape index (κ1) is 33.3. The molecule has 2 aliphatic heterocycles. The molecule has 1 spiro atoms. The zero-order valence-corrected chi connectivity index (χ0v) is 27.0. The van der Waals surface area contributed by atoms with Crippen LogP contribution in [0.5, 0.6) is 11.5 Å². The average Bonchev–Trinajstić information content (AvgIpc) is 3.28. The van der Waals surface area contributed by atoms with Crippen molar-refractivity contribution in [3.8, 4) is 11.5 Å². The predicted octanol–water partition coefficient (Wildman–Crippen LogP) is 8.88. The molecule has 5 nitrogen and oxygen atoms in total. The Kier molecular flexibility index (Phi) is 13.4. The van der Waals surface area contributed by atoms with E-state index in [2.05, 4.69) is 110 Å². The van der Waals surface area contributed by atoms with Gasteiger partial charge in [0.05, 0.1) is 12.5 Å². The van der Waals surface area contributed by atoms with Gasteiger partial charge >= 0.3 is 5.97 Å². The highest BCUT2D eigenvalue weighted by Gasteiger charge is 2.53. The van der Waals surface area contributed by atoms with E-state index in [1.807, 2.05) is 6.07 Å². The molecule has 2 heterocycles. The number of benzene rings is 1. The summed E-state index contributed by atoms with van der Waals surface area (Å²) in [5, 5.41) is 0. The molecule has 5 heteroatoms. The number of ether oxygens (including phenoxy) is 3. The fourth-order valence-electron chi connectivity index (χ4n) is 6.22. The summed E-state index contributed by atoms with van der Waals surface area (Å²) in [6.45, 7) is 4.03. The summed E-state index contributed by atoms with van der Waals surface area (Å²) >= 11 is 0. The fraction of sp³-hybridized carbons (Fsp3) is 0.462. The quantitative estimate of drug-likeness (QED) is 0.141. The summed E-state index contributed by atoms with van der Waals surface area (Å²) in [5.41, 5.74) is 2.35. The first-order valence-electron chi connectivity index (χ1n) is 16.4. The van der Waals surface area contributed by atoms with Gasteiger partial charge in [-0.25, -0.2) is 0 Å². The van der Waals surface area contributed by atoms with Crippen LogP contribution < -0.4 is 9.47 Å². The Morgan fingerprint density at radius 1 is 0.932 bits per heavy atom. The SMILES string of the molecule is CC/C=C\C/C=C\C/C=C\C/C=C\C/C=C\C/C=C\CCC(=O)O[C@H]1C=CC23CCN(C)Cc4ccc(OC)c(c42)OC3C1. The lowest BCUT2D eigenvalue weighted by molar-refractivity contribution is -0.148. The largest absolute Gasteiger partial charge is 0.493 e. The number of carbonyl (C=O) groups is 1. The maximum Gasteiger partial charge on any atom is 0.306 e. The Hall–Kier alpha value is -3.57. The number of nitrogens with zero attached hydrogens (tertiary/aromatic N) is 1. The van der Waals surface area contributed by atoms with E-state index in [4.69, 9.17) is 14.2 Å². The van der Waals surface area contributed by atoms with E-state index in [-0.39, 0.29) is 23.6 Å². The highest BCUT2D eigenvalue weighted by Crippen LogP contribution is 2.55. The second-order valence-corrected chi connectivity index (χ2v) is 11.8. The van der Waals surface area contributed by atoms with Crippen molar-refractivity contribution in [2.75, 3.05) is 20.7 Å². The third kappa shape index (κ3) is 9.22. The van der Waals surface area contributed by atoms with Crippen LogP contribution in [0.25, 0.3) is 0 Å². The van der Waals surface area contributed by atoms with Crippen LogP contribution in [0.2, 0.25) is 0 Å². The second kappa shape index (κ2) is 17.7. The van der Waals surface area contributed by atoms with Crippen molar-refractivity contribution in [3.05, 3.63) is 108 Å². The molecule has 1 aromatic carbocycles. The van der Waals surface area contributed by atoms with Crippen LogP contribution in [0.1, 0.15) is 82.3 Å². The van der Waals surface area contributed by atoms with E-state index in [0.29, 0.717) is 19.3 Å². The van der Waals surface area contributed by atoms with Gasteiger partial charge in [0.25, 0.3) is 0 Å². The molecular weight excluding hydrogens is 546 g/mol. The smallest absolute Gasteiger partial charge is 0.306 e. The molecule has 0 radical (unpaired) electrons. The van der Waals surface area contributed by atoms with Crippen LogP contribution in [0.15, 0.2) is 97.2 Å². The summed E-state index contributed by atoms with van der Waals surface area (Å²) in [4.78, 5) is 15.0. The average molecular weight is 598 g/mol. The van der Waals surface area contributed by atoms with Crippen LogP contribution in [0, 0.1) is 0 Å². The predicted molar refractivity (Wildman–Crippen MR) is 181 cm³/mol. The van der Waals surface area contributed by atoms with Gasteiger partial charge in [-0.1, -0.05) is 92.0 Å². The molecule has 4 rings (SSSR count). The number of esters is 1. The number of hydrogen-bond donors (Lipinski definition) is 0. The Labute approximate surface area is 265 Å². The lowest BCUT2D eigenvalue weighted by Gasteiger charge is -2.36. The Morgan fingerprint density at radius 2 is 1.55 bits per heavy atom. The third-order valence-electron chi connectivity index (χ3n) is 8.52. The fourth-order valence-corrected chi connectivity index (χ4v) is 6.22. The van der Waals surface area contributed by atoms with Crippen LogP contribution >= 0.6 is 0 Å². The molecule has 3 aliphatic rings. The standard InChI is InChI=1S/C39H51NO4/c1-4-5-6-7-8-9-10-11-12-13-14-15-16-17-18-19-20-21-22-23-36(41)43-33-26-27-39-28-29-40(2)31-32-24-25-34(42-3)38(37(32)39)44-35(39)30-33/h5-6,8-9,11-12,14-15,17-18,20-21,24-27,33,35H,4,7,10,13,16,19,22-23,28-31H2,1-3H3/b6-5-,9-8-,12-11-,15-14-,18-17-,21-20-/t33-,35?,39?/m0/s1. The van der Waals surface area contributed by atoms with Gasteiger partial charge in [0.1, 0.15) is 12.2 Å².